The average molecular weight is 274 g/mol. The molecule has 96 valence electrons. The summed E-state index contributed by atoms with van der Waals surface area (Å²) in [7, 11) is 0. The molecular formula is C15H11FO2S. The topological polar surface area (TPSA) is 29.5 Å². The van der Waals surface area contributed by atoms with Crippen molar-refractivity contribution in [1.29, 1.82) is 0 Å². The van der Waals surface area contributed by atoms with Gasteiger partial charge in [-0.3, -0.25) is 0 Å². The van der Waals surface area contributed by atoms with Crippen molar-refractivity contribution in [2.45, 2.75) is 6.61 Å². The van der Waals surface area contributed by atoms with E-state index in [0.29, 0.717) is 12.4 Å². The van der Waals surface area contributed by atoms with Gasteiger partial charge in [0.1, 0.15) is 23.9 Å². The van der Waals surface area contributed by atoms with Crippen LogP contribution in [0.15, 0.2) is 47.8 Å². The number of halogens is 1. The molecule has 0 atom stereocenters. The van der Waals surface area contributed by atoms with Gasteiger partial charge in [-0.2, -0.15) is 0 Å². The Morgan fingerprint density at radius 1 is 1.11 bits per heavy atom. The second-order valence-electron chi connectivity index (χ2n) is 4.18. The zero-order valence-corrected chi connectivity index (χ0v) is 10.8. The van der Waals surface area contributed by atoms with Crippen LogP contribution in [0.2, 0.25) is 0 Å². The highest BCUT2D eigenvalue weighted by atomic mass is 32.1. The Balaban J connectivity index is 1.80. The lowest BCUT2D eigenvalue weighted by Gasteiger charge is -2.05. The lowest BCUT2D eigenvalue weighted by Crippen LogP contribution is -1.93. The normalized spacial score (nSPS) is 10.8. The number of phenolic OH excluding ortho intramolecular Hbond substituents is 1. The monoisotopic (exact) mass is 274 g/mol. The summed E-state index contributed by atoms with van der Waals surface area (Å²) in [5, 5.41) is 12.2. The number of hydrogen-bond acceptors (Lipinski definition) is 3. The van der Waals surface area contributed by atoms with E-state index >= 15 is 0 Å². The Morgan fingerprint density at radius 2 is 1.89 bits per heavy atom. The highest BCUT2D eigenvalue weighted by Crippen LogP contribution is 2.28. The van der Waals surface area contributed by atoms with Crippen LogP contribution in [0, 0.1) is 5.82 Å². The maximum absolute atomic E-state index is 13.1. The van der Waals surface area contributed by atoms with E-state index in [1.165, 1.54) is 23.5 Å². The van der Waals surface area contributed by atoms with E-state index in [4.69, 9.17) is 4.74 Å². The number of phenols is 1. The zero-order chi connectivity index (χ0) is 13.2. The van der Waals surface area contributed by atoms with Gasteiger partial charge in [-0.05, 0) is 47.2 Å². The fourth-order valence-electron chi connectivity index (χ4n) is 1.87. The molecule has 0 radical (unpaired) electrons. The van der Waals surface area contributed by atoms with Crippen LogP contribution in [0.4, 0.5) is 4.39 Å². The summed E-state index contributed by atoms with van der Waals surface area (Å²) in [5.74, 6) is 0.684. The van der Waals surface area contributed by atoms with E-state index in [0.717, 1.165) is 15.6 Å². The van der Waals surface area contributed by atoms with Crippen LogP contribution >= 0.6 is 11.3 Å². The largest absolute Gasteiger partial charge is 0.508 e. The molecule has 1 heterocycles. The standard InChI is InChI=1S/C15H11FO2S/c16-11-1-6-14-10(9-19-15(14)7-11)8-18-13-4-2-12(17)3-5-13/h1-7,9,17H,8H2. The van der Waals surface area contributed by atoms with E-state index in [2.05, 4.69) is 0 Å². The molecule has 0 fully saturated rings. The number of fused-ring (bicyclic) bond motifs is 1. The quantitative estimate of drug-likeness (QED) is 0.770. The molecule has 1 N–H and O–H groups in total. The predicted octanol–water partition coefficient (Wildman–Crippen LogP) is 4.33. The van der Waals surface area contributed by atoms with E-state index < -0.39 is 0 Å². The number of hydrogen-bond donors (Lipinski definition) is 1. The van der Waals surface area contributed by atoms with Gasteiger partial charge in [0.2, 0.25) is 0 Å². The summed E-state index contributed by atoms with van der Waals surface area (Å²) in [4.78, 5) is 0. The average Bonchev–Trinajstić information content (AvgIpc) is 2.80. The molecule has 0 aliphatic carbocycles. The van der Waals surface area contributed by atoms with Gasteiger partial charge in [0.25, 0.3) is 0 Å². The highest BCUT2D eigenvalue weighted by molar-refractivity contribution is 7.17. The van der Waals surface area contributed by atoms with Crippen molar-refractivity contribution < 1.29 is 14.2 Å². The minimum absolute atomic E-state index is 0.212. The predicted molar refractivity (Wildman–Crippen MR) is 74.2 cm³/mol. The van der Waals surface area contributed by atoms with Gasteiger partial charge in [-0.1, -0.05) is 6.07 Å². The Labute approximate surface area is 113 Å². The third kappa shape index (κ3) is 2.53. The number of ether oxygens (including phenoxy) is 1. The summed E-state index contributed by atoms with van der Waals surface area (Å²) in [6.45, 7) is 0.427. The van der Waals surface area contributed by atoms with Crippen molar-refractivity contribution in [2.24, 2.45) is 0 Å². The fraction of sp³-hybridized carbons (Fsp3) is 0.0667. The van der Waals surface area contributed by atoms with Gasteiger partial charge >= 0.3 is 0 Å². The number of benzene rings is 2. The van der Waals surface area contributed by atoms with Crippen LogP contribution in [-0.4, -0.2) is 5.11 Å². The van der Waals surface area contributed by atoms with E-state index in [9.17, 15) is 9.50 Å². The van der Waals surface area contributed by atoms with Crippen molar-refractivity contribution in [2.75, 3.05) is 0 Å². The van der Waals surface area contributed by atoms with Crippen molar-refractivity contribution in [1.82, 2.24) is 0 Å². The first kappa shape index (κ1) is 12.0. The first-order valence-electron chi connectivity index (χ1n) is 5.80. The Hall–Kier alpha value is -2.07. The molecule has 2 aromatic carbocycles. The Bertz CT molecular complexity index is 704. The number of aromatic hydroxyl groups is 1. The lowest BCUT2D eigenvalue weighted by atomic mass is 10.2. The number of thiophene rings is 1. The van der Waals surface area contributed by atoms with E-state index in [1.54, 1.807) is 30.3 Å². The SMILES string of the molecule is Oc1ccc(OCc2csc3cc(F)ccc23)cc1. The first-order chi connectivity index (χ1) is 9.22. The summed E-state index contributed by atoms with van der Waals surface area (Å²) < 4.78 is 19.7. The summed E-state index contributed by atoms with van der Waals surface area (Å²) in [5.41, 5.74) is 1.04. The molecule has 4 heteroatoms. The molecule has 0 aliphatic heterocycles. The molecule has 0 amide bonds. The van der Waals surface area contributed by atoms with Gasteiger partial charge in [0, 0.05) is 10.3 Å². The van der Waals surface area contributed by atoms with Gasteiger partial charge in [-0.25, -0.2) is 4.39 Å². The smallest absolute Gasteiger partial charge is 0.124 e. The maximum Gasteiger partial charge on any atom is 0.124 e. The third-order valence-electron chi connectivity index (χ3n) is 2.85. The van der Waals surface area contributed by atoms with Gasteiger partial charge in [0.05, 0.1) is 0 Å². The second kappa shape index (κ2) is 4.90. The van der Waals surface area contributed by atoms with Crippen molar-refractivity contribution in [3.63, 3.8) is 0 Å². The summed E-state index contributed by atoms with van der Waals surface area (Å²) in [6, 6.07) is 11.3. The van der Waals surface area contributed by atoms with Crippen LogP contribution in [0.5, 0.6) is 11.5 Å². The van der Waals surface area contributed by atoms with Crippen LogP contribution in [0.1, 0.15) is 5.56 Å². The molecule has 2 nitrogen and oxygen atoms in total. The molecule has 1 aromatic heterocycles. The molecule has 0 spiro atoms. The molecular weight excluding hydrogens is 263 g/mol. The fourth-order valence-corrected chi connectivity index (χ4v) is 2.84. The molecule has 0 saturated heterocycles. The highest BCUT2D eigenvalue weighted by Gasteiger charge is 2.06. The van der Waals surface area contributed by atoms with Crippen LogP contribution in [0.25, 0.3) is 10.1 Å². The molecule has 3 aromatic rings. The van der Waals surface area contributed by atoms with Crippen molar-refractivity contribution in [3.8, 4) is 11.5 Å². The molecule has 19 heavy (non-hydrogen) atoms. The van der Waals surface area contributed by atoms with Crippen LogP contribution in [-0.2, 0) is 6.61 Å². The first-order valence-corrected chi connectivity index (χ1v) is 6.68. The zero-order valence-electron chi connectivity index (χ0n) is 9.97. The van der Waals surface area contributed by atoms with Gasteiger partial charge < -0.3 is 9.84 Å². The molecule has 0 saturated carbocycles. The lowest BCUT2D eigenvalue weighted by molar-refractivity contribution is 0.307. The minimum Gasteiger partial charge on any atom is -0.508 e. The van der Waals surface area contributed by atoms with Crippen molar-refractivity contribution in [3.05, 3.63) is 59.2 Å². The van der Waals surface area contributed by atoms with Crippen LogP contribution in [0.3, 0.4) is 0 Å². The van der Waals surface area contributed by atoms with Crippen molar-refractivity contribution >= 4 is 21.4 Å². The van der Waals surface area contributed by atoms with Crippen LogP contribution < -0.4 is 4.74 Å². The minimum atomic E-state index is -0.222. The summed E-state index contributed by atoms with van der Waals surface area (Å²) >= 11 is 1.51. The number of rotatable bonds is 3. The van der Waals surface area contributed by atoms with E-state index in [1.807, 2.05) is 5.38 Å². The second-order valence-corrected chi connectivity index (χ2v) is 5.10. The summed E-state index contributed by atoms with van der Waals surface area (Å²) in [6.07, 6.45) is 0. The molecule has 3 rings (SSSR count). The Morgan fingerprint density at radius 3 is 2.68 bits per heavy atom. The maximum atomic E-state index is 13.1. The third-order valence-corrected chi connectivity index (χ3v) is 3.84. The molecule has 0 unspecified atom stereocenters. The van der Waals surface area contributed by atoms with Gasteiger partial charge in [0.15, 0.2) is 0 Å². The Kier molecular flexibility index (Phi) is 3.09. The molecule has 0 aliphatic rings. The van der Waals surface area contributed by atoms with Gasteiger partial charge in [-0.15, -0.1) is 11.3 Å². The molecule has 0 bridgehead atoms. The van der Waals surface area contributed by atoms with E-state index in [-0.39, 0.29) is 11.6 Å².